The van der Waals surface area contributed by atoms with Crippen LogP contribution in [0, 0.1) is 0 Å². The average Bonchev–Trinajstić information content (AvgIpc) is 2.65. The number of esters is 1. The van der Waals surface area contributed by atoms with E-state index in [0.717, 1.165) is 0 Å². The Hall–Kier alpha value is -1.72. The number of halogens is 1. The van der Waals surface area contributed by atoms with E-state index in [1.165, 1.54) is 12.1 Å². The molecule has 0 aliphatic carbocycles. The molecule has 1 aromatic carbocycles. The van der Waals surface area contributed by atoms with Gasteiger partial charge in [0.05, 0.1) is 13.2 Å². The molecule has 0 radical (unpaired) electrons. The summed E-state index contributed by atoms with van der Waals surface area (Å²) in [5.74, 6) is 0.211. The van der Waals surface area contributed by atoms with Crippen molar-refractivity contribution in [3.63, 3.8) is 0 Å². The zero-order valence-corrected chi connectivity index (χ0v) is 12.5. The summed E-state index contributed by atoms with van der Waals surface area (Å²) in [5, 5.41) is 10.1. The van der Waals surface area contributed by atoms with Gasteiger partial charge in [-0.25, -0.2) is 4.79 Å². The van der Waals surface area contributed by atoms with Gasteiger partial charge in [0.25, 0.3) is 0 Å². The van der Waals surface area contributed by atoms with Gasteiger partial charge >= 0.3 is 5.97 Å². The summed E-state index contributed by atoms with van der Waals surface area (Å²) in [4.78, 5) is 14.0. The molecule has 2 aromatic rings. The van der Waals surface area contributed by atoms with Crippen molar-refractivity contribution >= 4 is 29.3 Å². The highest BCUT2D eigenvalue weighted by Crippen LogP contribution is 2.30. The number of carbonyl (C=O) groups excluding carboxylic acids is 1. The molecule has 0 spiro atoms. The first-order valence-corrected chi connectivity index (χ1v) is 6.09. The predicted octanol–water partition coefficient (Wildman–Crippen LogP) is 2.80. The molecule has 110 valence electrons. The minimum Gasteiger partial charge on any atom is -0.508 e. The Bertz CT molecular complexity index is 606. The molecule has 0 aliphatic rings. The Balaban J connectivity index is 0.00000200. The van der Waals surface area contributed by atoms with Crippen molar-refractivity contribution < 1.29 is 19.1 Å². The summed E-state index contributed by atoms with van der Waals surface area (Å²) in [7, 11) is 3.78. The summed E-state index contributed by atoms with van der Waals surface area (Å²) in [6.45, 7) is 2.54. The van der Waals surface area contributed by atoms with Crippen molar-refractivity contribution in [3.05, 3.63) is 29.5 Å². The average molecular weight is 300 g/mol. The van der Waals surface area contributed by atoms with Crippen LogP contribution in [0.15, 0.2) is 22.6 Å². The van der Waals surface area contributed by atoms with Gasteiger partial charge in [-0.3, -0.25) is 0 Å². The Labute approximate surface area is 123 Å². The van der Waals surface area contributed by atoms with E-state index in [4.69, 9.17) is 9.15 Å². The standard InChI is InChI=1S/C14H17NO4.ClH/c1-4-18-14(17)13-10-7-9(16)5-6-11(10)19-12(13)8-15(2)3;/h5-7,16H,4,8H2,1-3H3;1H. The van der Waals surface area contributed by atoms with Crippen LogP contribution in [0.4, 0.5) is 0 Å². The zero-order chi connectivity index (χ0) is 14.0. The number of ether oxygens (including phenoxy) is 1. The number of aromatic hydroxyl groups is 1. The first-order valence-electron chi connectivity index (χ1n) is 6.09. The highest BCUT2D eigenvalue weighted by atomic mass is 35.5. The number of phenolic OH excluding ortho intramolecular Hbond substituents is 1. The van der Waals surface area contributed by atoms with Crippen molar-refractivity contribution in [2.24, 2.45) is 0 Å². The largest absolute Gasteiger partial charge is 0.508 e. The van der Waals surface area contributed by atoms with Gasteiger partial charge in [0.1, 0.15) is 22.7 Å². The summed E-state index contributed by atoms with van der Waals surface area (Å²) in [6.07, 6.45) is 0. The number of phenols is 1. The number of carbonyl (C=O) groups is 1. The Morgan fingerprint density at radius 3 is 2.70 bits per heavy atom. The molecule has 20 heavy (non-hydrogen) atoms. The lowest BCUT2D eigenvalue weighted by atomic mass is 10.1. The summed E-state index contributed by atoms with van der Waals surface area (Å²) in [5.41, 5.74) is 0.958. The van der Waals surface area contributed by atoms with Gasteiger partial charge in [-0.15, -0.1) is 12.4 Å². The third kappa shape index (κ3) is 3.23. The van der Waals surface area contributed by atoms with Crippen molar-refractivity contribution in [2.75, 3.05) is 20.7 Å². The summed E-state index contributed by atoms with van der Waals surface area (Å²) < 4.78 is 10.7. The lowest BCUT2D eigenvalue weighted by Gasteiger charge is -2.08. The van der Waals surface area contributed by atoms with Crippen LogP contribution in [0.2, 0.25) is 0 Å². The van der Waals surface area contributed by atoms with Crippen LogP contribution in [-0.2, 0) is 11.3 Å². The van der Waals surface area contributed by atoms with Gasteiger partial charge in [-0.1, -0.05) is 0 Å². The molecule has 0 aliphatic heterocycles. The highest BCUT2D eigenvalue weighted by Gasteiger charge is 2.22. The SMILES string of the molecule is CCOC(=O)c1c(CN(C)C)oc2ccc(O)cc12.Cl. The van der Waals surface area contributed by atoms with E-state index in [9.17, 15) is 9.90 Å². The van der Waals surface area contributed by atoms with Gasteiger partial charge in [0, 0.05) is 5.39 Å². The molecular formula is C14H18ClNO4. The molecule has 0 amide bonds. The number of furan rings is 1. The van der Waals surface area contributed by atoms with Crippen LogP contribution in [0.25, 0.3) is 11.0 Å². The van der Waals surface area contributed by atoms with Crippen LogP contribution < -0.4 is 0 Å². The third-order valence-electron chi connectivity index (χ3n) is 2.68. The minimum atomic E-state index is -0.427. The molecule has 0 saturated carbocycles. The van der Waals surface area contributed by atoms with E-state index >= 15 is 0 Å². The Morgan fingerprint density at radius 2 is 2.10 bits per heavy atom. The normalized spacial score (nSPS) is 10.6. The molecule has 0 unspecified atom stereocenters. The van der Waals surface area contributed by atoms with Crippen LogP contribution in [0.1, 0.15) is 23.0 Å². The fourth-order valence-electron chi connectivity index (χ4n) is 1.96. The number of benzene rings is 1. The quantitative estimate of drug-likeness (QED) is 0.880. The van der Waals surface area contributed by atoms with Crippen LogP contribution in [0.5, 0.6) is 5.75 Å². The smallest absolute Gasteiger partial charge is 0.342 e. The van der Waals surface area contributed by atoms with Crippen molar-refractivity contribution in [3.8, 4) is 5.75 Å². The molecule has 6 heteroatoms. The van der Waals surface area contributed by atoms with Crippen LogP contribution >= 0.6 is 12.4 Å². The molecule has 0 atom stereocenters. The Morgan fingerprint density at radius 1 is 1.40 bits per heavy atom. The second-order valence-corrected chi connectivity index (χ2v) is 4.54. The monoisotopic (exact) mass is 299 g/mol. The van der Waals surface area contributed by atoms with Crippen LogP contribution in [-0.4, -0.2) is 36.7 Å². The van der Waals surface area contributed by atoms with Gasteiger partial charge in [-0.05, 0) is 39.2 Å². The molecule has 1 heterocycles. The Kier molecular flexibility index (Phi) is 5.42. The maximum absolute atomic E-state index is 12.1. The second kappa shape index (κ2) is 6.63. The fourth-order valence-corrected chi connectivity index (χ4v) is 1.96. The first-order chi connectivity index (χ1) is 9.02. The van der Waals surface area contributed by atoms with Gasteiger partial charge in [0.2, 0.25) is 0 Å². The summed E-state index contributed by atoms with van der Waals surface area (Å²) >= 11 is 0. The van der Waals surface area contributed by atoms with E-state index < -0.39 is 5.97 Å². The van der Waals surface area contributed by atoms with Crippen molar-refractivity contribution in [1.82, 2.24) is 4.90 Å². The van der Waals surface area contributed by atoms with Crippen LogP contribution in [0.3, 0.4) is 0 Å². The van der Waals surface area contributed by atoms with E-state index in [1.54, 1.807) is 13.0 Å². The third-order valence-corrected chi connectivity index (χ3v) is 2.68. The molecule has 2 rings (SSSR count). The van der Waals surface area contributed by atoms with E-state index in [1.807, 2.05) is 19.0 Å². The molecule has 0 bridgehead atoms. The summed E-state index contributed by atoms with van der Waals surface area (Å²) in [6, 6.07) is 4.69. The highest BCUT2D eigenvalue weighted by molar-refractivity contribution is 6.04. The molecular weight excluding hydrogens is 282 g/mol. The molecule has 1 N–H and O–H groups in total. The lowest BCUT2D eigenvalue weighted by molar-refractivity contribution is 0.0524. The molecule has 1 aromatic heterocycles. The maximum Gasteiger partial charge on any atom is 0.342 e. The number of hydrogen-bond acceptors (Lipinski definition) is 5. The second-order valence-electron chi connectivity index (χ2n) is 4.54. The molecule has 0 fully saturated rings. The molecule has 5 nitrogen and oxygen atoms in total. The minimum absolute atomic E-state index is 0. The van der Waals surface area contributed by atoms with Crippen molar-refractivity contribution in [1.29, 1.82) is 0 Å². The van der Waals surface area contributed by atoms with E-state index in [0.29, 0.717) is 35.4 Å². The number of fused-ring (bicyclic) bond motifs is 1. The lowest BCUT2D eigenvalue weighted by Crippen LogP contribution is -2.14. The topological polar surface area (TPSA) is 62.9 Å². The van der Waals surface area contributed by atoms with Gasteiger partial charge in [-0.2, -0.15) is 0 Å². The van der Waals surface area contributed by atoms with Gasteiger partial charge < -0.3 is 19.2 Å². The van der Waals surface area contributed by atoms with Crippen molar-refractivity contribution in [2.45, 2.75) is 13.5 Å². The maximum atomic E-state index is 12.1. The predicted molar refractivity (Wildman–Crippen MR) is 78.5 cm³/mol. The van der Waals surface area contributed by atoms with Gasteiger partial charge in [0.15, 0.2) is 0 Å². The van der Waals surface area contributed by atoms with E-state index in [2.05, 4.69) is 0 Å². The number of rotatable bonds is 4. The molecule has 0 saturated heterocycles. The zero-order valence-electron chi connectivity index (χ0n) is 11.7. The number of nitrogens with zero attached hydrogens (tertiary/aromatic N) is 1. The fraction of sp³-hybridized carbons (Fsp3) is 0.357. The first kappa shape index (κ1) is 16.3. The number of hydrogen-bond donors (Lipinski definition) is 1. The van der Waals surface area contributed by atoms with E-state index in [-0.39, 0.29) is 18.2 Å².